The maximum atomic E-state index is 15.0. The molecule has 0 bridgehead atoms. The summed E-state index contributed by atoms with van der Waals surface area (Å²) in [5, 5.41) is 0. The molecule has 0 saturated heterocycles. The zero-order chi connectivity index (χ0) is 24.1. The van der Waals surface area contributed by atoms with E-state index in [-0.39, 0.29) is 42.1 Å². The van der Waals surface area contributed by atoms with Crippen molar-refractivity contribution in [3.05, 3.63) is 46.7 Å². The summed E-state index contributed by atoms with van der Waals surface area (Å²) in [4.78, 5) is 30.7. The third-order valence-electron chi connectivity index (χ3n) is 6.41. The van der Waals surface area contributed by atoms with E-state index in [1.54, 1.807) is 20.8 Å². The van der Waals surface area contributed by atoms with Crippen molar-refractivity contribution >= 4 is 17.7 Å². The number of halogens is 2. The van der Waals surface area contributed by atoms with Crippen LogP contribution in [0, 0.1) is 23.5 Å². The Kier molecular flexibility index (Phi) is 8.35. The van der Waals surface area contributed by atoms with Crippen LogP contribution in [-0.4, -0.2) is 44.1 Å². The number of allylic oxidation sites excluding steroid dienone is 1. The average Bonchev–Trinajstić information content (AvgIpc) is 3.30. The molecule has 0 N–H and O–H groups in total. The first-order valence-electron chi connectivity index (χ1n) is 11.3. The molecule has 2 aliphatic rings. The molecule has 1 aliphatic heterocycles. The molecule has 1 aromatic carbocycles. The van der Waals surface area contributed by atoms with Gasteiger partial charge in [-0.2, -0.15) is 0 Å². The first-order valence-corrected chi connectivity index (χ1v) is 11.3. The van der Waals surface area contributed by atoms with Gasteiger partial charge in [0.1, 0.15) is 12.5 Å². The second-order valence-corrected chi connectivity index (χ2v) is 8.78. The fourth-order valence-corrected chi connectivity index (χ4v) is 4.51. The van der Waals surface area contributed by atoms with Crippen LogP contribution in [0.1, 0.15) is 57.9 Å². The summed E-state index contributed by atoms with van der Waals surface area (Å²) in [5.41, 5.74) is 0.560. The van der Waals surface area contributed by atoms with E-state index < -0.39 is 35.4 Å². The molecule has 3 atom stereocenters. The van der Waals surface area contributed by atoms with Gasteiger partial charge in [0.2, 0.25) is 0 Å². The fraction of sp³-hybridized carbons (Fsp3) is 0.560. The van der Waals surface area contributed by atoms with Gasteiger partial charge in [0.15, 0.2) is 11.6 Å². The minimum absolute atomic E-state index is 0.0104. The van der Waals surface area contributed by atoms with E-state index in [9.17, 15) is 18.4 Å². The lowest BCUT2D eigenvalue weighted by molar-refractivity contribution is -0.148. The molecule has 1 aromatic rings. The number of rotatable bonds is 8. The molecule has 180 valence electrons. The first kappa shape index (κ1) is 25.0. The van der Waals surface area contributed by atoms with Crippen LogP contribution in [0.15, 0.2) is 34.5 Å². The predicted molar refractivity (Wildman–Crippen MR) is 119 cm³/mol. The highest BCUT2D eigenvalue weighted by Crippen LogP contribution is 2.41. The molecule has 1 heterocycles. The second-order valence-electron chi connectivity index (χ2n) is 8.78. The van der Waals surface area contributed by atoms with Crippen molar-refractivity contribution in [1.29, 1.82) is 0 Å². The standard InChI is InChI=1S/C25H31F2NO5/c1-14(31-4)12-32-24(29)20-15(2)28-16(3)21(25(30)33-13-17-8-5-6-9-17)22(20)18-10-7-11-19(26)23(18)27/h7,10-11,14,17,21-22H,5-6,8-9,12-13H2,1-4H3. The molecule has 1 aliphatic carbocycles. The van der Waals surface area contributed by atoms with Crippen LogP contribution >= 0.6 is 0 Å². The molecular formula is C25H31F2NO5. The molecule has 1 fully saturated rings. The summed E-state index contributed by atoms with van der Waals surface area (Å²) >= 11 is 0. The Morgan fingerprint density at radius 3 is 2.52 bits per heavy atom. The summed E-state index contributed by atoms with van der Waals surface area (Å²) in [6.07, 6.45) is 3.81. The summed E-state index contributed by atoms with van der Waals surface area (Å²) in [5.74, 6) is -5.46. The summed E-state index contributed by atoms with van der Waals surface area (Å²) in [6, 6.07) is 3.71. The Bertz CT molecular complexity index is 952. The highest BCUT2D eigenvalue weighted by molar-refractivity contribution is 6.07. The maximum Gasteiger partial charge on any atom is 0.336 e. The lowest BCUT2D eigenvalue weighted by Crippen LogP contribution is -2.38. The van der Waals surface area contributed by atoms with E-state index in [1.807, 2.05) is 0 Å². The lowest BCUT2D eigenvalue weighted by Gasteiger charge is -2.32. The van der Waals surface area contributed by atoms with Crippen LogP contribution in [0.25, 0.3) is 0 Å². The second kappa shape index (κ2) is 11.0. The summed E-state index contributed by atoms with van der Waals surface area (Å²) < 4.78 is 45.2. The Morgan fingerprint density at radius 1 is 1.15 bits per heavy atom. The monoisotopic (exact) mass is 463 g/mol. The molecule has 33 heavy (non-hydrogen) atoms. The SMILES string of the molecule is COC(C)COC(=O)C1=C(C)N=C(C)C(C(=O)OCC2CCCC2)C1c1cccc(F)c1F. The van der Waals surface area contributed by atoms with Crippen LogP contribution in [0.3, 0.4) is 0 Å². The number of aliphatic imine (C=N–C) groups is 1. The van der Waals surface area contributed by atoms with Crippen molar-refractivity contribution in [2.75, 3.05) is 20.3 Å². The van der Waals surface area contributed by atoms with Crippen LogP contribution < -0.4 is 0 Å². The molecule has 0 radical (unpaired) electrons. The van der Waals surface area contributed by atoms with Crippen molar-refractivity contribution < 1.29 is 32.6 Å². The molecule has 0 amide bonds. The average molecular weight is 464 g/mol. The Balaban J connectivity index is 1.98. The number of esters is 2. The molecule has 3 unspecified atom stereocenters. The number of hydrogen-bond donors (Lipinski definition) is 0. The highest BCUT2D eigenvalue weighted by atomic mass is 19.2. The van der Waals surface area contributed by atoms with Gasteiger partial charge in [-0.15, -0.1) is 0 Å². The number of nitrogens with zero attached hydrogens (tertiary/aromatic N) is 1. The molecule has 8 heteroatoms. The van der Waals surface area contributed by atoms with Crippen molar-refractivity contribution in [2.24, 2.45) is 16.8 Å². The third kappa shape index (κ3) is 5.66. The van der Waals surface area contributed by atoms with Crippen LogP contribution in [-0.2, 0) is 23.8 Å². The van der Waals surface area contributed by atoms with E-state index in [0.717, 1.165) is 31.7 Å². The van der Waals surface area contributed by atoms with E-state index in [2.05, 4.69) is 4.99 Å². The lowest BCUT2D eigenvalue weighted by atomic mass is 9.75. The van der Waals surface area contributed by atoms with E-state index in [4.69, 9.17) is 14.2 Å². The van der Waals surface area contributed by atoms with Gasteiger partial charge in [-0.25, -0.2) is 13.6 Å². The first-order chi connectivity index (χ1) is 15.7. The van der Waals surface area contributed by atoms with Gasteiger partial charge in [-0.3, -0.25) is 9.79 Å². The smallest absolute Gasteiger partial charge is 0.336 e. The maximum absolute atomic E-state index is 15.0. The largest absolute Gasteiger partial charge is 0.465 e. The van der Waals surface area contributed by atoms with Crippen LogP contribution in [0.4, 0.5) is 8.78 Å². The van der Waals surface area contributed by atoms with Gasteiger partial charge in [-0.1, -0.05) is 25.0 Å². The van der Waals surface area contributed by atoms with Gasteiger partial charge < -0.3 is 14.2 Å². The van der Waals surface area contributed by atoms with Gasteiger partial charge in [-0.05, 0) is 51.2 Å². The number of hydrogen-bond acceptors (Lipinski definition) is 6. The minimum Gasteiger partial charge on any atom is -0.465 e. The minimum atomic E-state index is -1.13. The third-order valence-corrected chi connectivity index (χ3v) is 6.41. The van der Waals surface area contributed by atoms with Crippen molar-refractivity contribution in [1.82, 2.24) is 0 Å². The zero-order valence-electron chi connectivity index (χ0n) is 19.5. The topological polar surface area (TPSA) is 74.2 Å². The van der Waals surface area contributed by atoms with Crippen molar-refractivity contribution in [2.45, 2.75) is 58.5 Å². The van der Waals surface area contributed by atoms with E-state index in [0.29, 0.717) is 5.71 Å². The number of methoxy groups -OCH3 is 1. The highest BCUT2D eigenvalue weighted by Gasteiger charge is 2.44. The zero-order valence-corrected chi connectivity index (χ0v) is 19.5. The number of ether oxygens (including phenoxy) is 3. The molecule has 1 saturated carbocycles. The van der Waals surface area contributed by atoms with Crippen LogP contribution in [0.5, 0.6) is 0 Å². The fourth-order valence-electron chi connectivity index (χ4n) is 4.51. The van der Waals surface area contributed by atoms with E-state index in [1.165, 1.54) is 19.2 Å². The molecule has 3 rings (SSSR count). The van der Waals surface area contributed by atoms with Crippen LogP contribution in [0.2, 0.25) is 0 Å². The molecule has 6 nitrogen and oxygen atoms in total. The quantitative estimate of drug-likeness (QED) is 0.522. The Hall–Kier alpha value is -2.61. The summed E-state index contributed by atoms with van der Waals surface area (Å²) in [7, 11) is 1.48. The molecular weight excluding hydrogens is 432 g/mol. The molecule has 0 spiro atoms. The van der Waals surface area contributed by atoms with Crippen molar-refractivity contribution in [3.63, 3.8) is 0 Å². The normalized spacial score (nSPS) is 22.2. The molecule has 0 aromatic heterocycles. The number of carbonyl (C=O) groups is 2. The van der Waals surface area contributed by atoms with E-state index >= 15 is 0 Å². The number of benzene rings is 1. The Labute approximate surface area is 193 Å². The summed E-state index contributed by atoms with van der Waals surface area (Å²) in [6.45, 7) is 5.16. The number of carbonyl (C=O) groups excluding carboxylic acids is 2. The van der Waals surface area contributed by atoms with Gasteiger partial charge in [0.05, 0.1) is 18.3 Å². The van der Waals surface area contributed by atoms with Crippen molar-refractivity contribution in [3.8, 4) is 0 Å². The Morgan fingerprint density at radius 2 is 1.85 bits per heavy atom. The van der Waals surface area contributed by atoms with Gasteiger partial charge in [0, 0.05) is 24.4 Å². The van der Waals surface area contributed by atoms with Gasteiger partial charge >= 0.3 is 11.9 Å². The van der Waals surface area contributed by atoms with Gasteiger partial charge in [0.25, 0.3) is 0 Å². The predicted octanol–water partition coefficient (Wildman–Crippen LogP) is 4.72.